The van der Waals surface area contributed by atoms with Crippen LogP contribution in [0.15, 0.2) is 42.5 Å². The first-order chi connectivity index (χ1) is 14.0. The van der Waals surface area contributed by atoms with E-state index < -0.39 is 0 Å². The van der Waals surface area contributed by atoms with E-state index in [4.69, 9.17) is 0 Å². The molecule has 2 aliphatic heterocycles. The zero-order chi connectivity index (χ0) is 20.4. The average Bonchev–Trinajstić information content (AvgIpc) is 3.17. The molecule has 154 valence electrons. The van der Waals surface area contributed by atoms with E-state index in [0.717, 1.165) is 54.4 Å². The second-order valence-electron chi connectivity index (χ2n) is 8.32. The Bertz CT molecular complexity index is 908. The quantitative estimate of drug-likeness (QED) is 0.810. The van der Waals surface area contributed by atoms with Gasteiger partial charge in [0.2, 0.25) is 0 Å². The Morgan fingerprint density at radius 2 is 1.93 bits per heavy atom. The van der Waals surface area contributed by atoms with Crippen molar-refractivity contribution in [2.24, 2.45) is 0 Å². The summed E-state index contributed by atoms with van der Waals surface area (Å²) in [6.45, 7) is 5.62. The maximum Gasteiger partial charge on any atom is 0.279 e. The number of carbonyl (C=O) groups excluding carboxylic acids is 2. The Morgan fingerprint density at radius 1 is 1.21 bits per heavy atom. The van der Waals surface area contributed by atoms with Gasteiger partial charge in [0.05, 0.1) is 5.75 Å². The molecule has 2 aromatic carbocycles. The lowest BCUT2D eigenvalue weighted by Gasteiger charge is -2.36. The molecule has 2 fully saturated rings. The minimum Gasteiger partial charge on any atom is -0.348 e. The summed E-state index contributed by atoms with van der Waals surface area (Å²) in [6.07, 6.45) is 2.79. The molecular formula is C23H30N3O2S+. The summed E-state index contributed by atoms with van der Waals surface area (Å²) < 4.78 is 0. The van der Waals surface area contributed by atoms with Gasteiger partial charge in [-0.2, -0.15) is 0 Å². The van der Waals surface area contributed by atoms with Crippen LogP contribution in [-0.2, 0) is 4.79 Å². The number of nitrogens with one attached hydrogen (secondary N) is 1. The number of piperidine rings is 1. The predicted octanol–water partition coefficient (Wildman–Crippen LogP) is 2.37. The topological polar surface area (TPSA) is 66.0 Å². The SMILES string of the molecule is CC[C@H](C)NC(=O)[C@@H]1CSC2(CCN(C(=O)c3ccc4ccccc4c3)CC2)[NH2+]1. The monoisotopic (exact) mass is 412 g/mol. The number of benzene rings is 2. The van der Waals surface area contributed by atoms with Gasteiger partial charge < -0.3 is 15.5 Å². The number of carbonyl (C=O) groups is 2. The van der Waals surface area contributed by atoms with Gasteiger partial charge in [0.1, 0.15) is 4.87 Å². The van der Waals surface area contributed by atoms with E-state index in [1.54, 1.807) is 0 Å². The fourth-order valence-corrected chi connectivity index (χ4v) is 5.72. The van der Waals surface area contributed by atoms with Crippen molar-refractivity contribution in [1.82, 2.24) is 10.2 Å². The van der Waals surface area contributed by atoms with E-state index in [2.05, 4.69) is 23.6 Å². The third-order valence-electron chi connectivity index (χ3n) is 6.29. The van der Waals surface area contributed by atoms with Crippen LogP contribution < -0.4 is 10.6 Å². The van der Waals surface area contributed by atoms with E-state index in [0.29, 0.717) is 0 Å². The number of hydrogen-bond donors (Lipinski definition) is 2. The number of rotatable bonds is 4. The number of nitrogens with two attached hydrogens (primary N) is 1. The van der Waals surface area contributed by atoms with Crippen molar-refractivity contribution in [1.29, 1.82) is 0 Å². The van der Waals surface area contributed by atoms with E-state index >= 15 is 0 Å². The van der Waals surface area contributed by atoms with Crippen LogP contribution in [0.4, 0.5) is 0 Å². The number of fused-ring (bicyclic) bond motifs is 1. The van der Waals surface area contributed by atoms with Gasteiger partial charge in [-0.3, -0.25) is 9.59 Å². The van der Waals surface area contributed by atoms with Gasteiger partial charge >= 0.3 is 0 Å². The number of thioether (sulfide) groups is 1. The molecule has 2 atom stereocenters. The van der Waals surface area contributed by atoms with Gasteiger partial charge in [-0.15, -0.1) is 0 Å². The zero-order valence-electron chi connectivity index (χ0n) is 17.2. The molecule has 5 nitrogen and oxygen atoms in total. The molecule has 2 amide bonds. The van der Waals surface area contributed by atoms with Crippen LogP contribution in [0.2, 0.25) is 0 Å². The van der Waals surface area contributed by atoms with Crippen LogP contribution >= 0.6 is 11.8 Å². The standard InChI is InChI=1S/C23H29N3O2S/c1-3-16(2)24-21(27)20-15-29-23(25-20)10-12-26(13-11-23)22(28)19-9-8-17-6-4-5-7-18(17)14-19/h4-9,14,16,20,25H,3,10-13,15H2,1-2H3,(H,24,27)/p+1/t16-,20-/m0/s1. The van der Waals surface area contributed by atoms with Crippen LogP contribution in [0, 0.1) is 0 Å². The van der Waals surface area contributed by atoms with Gasteiger partial charge in [-0.05, 0) is 36.2 Å². The van der Waals surface area contributed by atoms with Crippen molar-refractivity contribution in [3.63, 3.8) is 0 Å². The predicted molar refractivity (Wildman–Crippen MR) is 118 cm³/mol. The molecule has 2 aliphatic rings. The molecular weight excluding hydrogens is 382 g/mol. The molecule has 0 aliphatic carbocycles. The van der Waals surface area contributed by atoms with Gasteiger partial charge in [-0.25, -0.2) is 0 Å². The Kier molecular flexibility index (Phi) is 5.83. The molecule has 0 bridgehead atoms. The second-order valence-corrected chi connectivity index (χ2v) is 9.76. The van der Waals surface area contributed by atoms with Crippen LogP contribution in [0.25, 0.3) is 10.8 Å². The highest BCUT2D eigenvalue weighted by molar-refractivity contribution is 8.00. The summed E-state index contributed by atoms with van der Waals surface area (Å²) in [5, 5.41) is 7.62. The highest BCUT2D eigenvalue weighted by Crippen LogP contribution is 2.34. The Labute approximate surface area is 176 Å². The Hall–Kier alpha value is -2.05. The first-order valence-corrected chi connectivity index (χ1v) is 11.6. The Morgan fingerprint density at radius 3 is 2.66 bits per heavy atom. The molecule has 4 rings (SSSR count). The third kappa shape index (κ3) is 4.28. The zero-order valence-corrected chi connectivity index (χ0v) is 18.0. The molecule has 0 saturated carbocycles. The fourth-order valence-electron chi connectivity index (χ4n) is 4.23. The van der Waals surface area contributed by atoms with Crippen molar-refractivity contribution in [2.45, 2.75) is 50.1 Å². The van der Waals surface area contributed by atoms with Gasteiger partial charge in [0.25, 0.3) is 11.8 Å². The molecule has 6 heteroatoms. The van der Waals surface area contributed by atoms with E-state index in [1.807, 2.05) is 60.0 Å². The molecule has 0 unspecified atom stereocenters. The number of amides is 2. The molecule has 1 spiro atoms. The summed E-state index contributed by atoms with van der Waals surface area (Å²) >= 11 is 1.89. The second kappa shape index (κ2) is 8.36. The minimum atomic E-state index is -0.0169. The number of hydrogen-bond acceptors (Lipinski definition) is 3. The largest absolute Gasteiger partial charge is 0.348 e. The van der Waals surface area contributed by atoms with E-state index in [-0.39, 0.29) is 28.8 Å². The van der Waals surface area contributed by atoms with Crippen molar-refractivity contribution in [3.8, 4) is 0 Å². The summed E-state index contributed by atoms with van der Waals surface area (Å²) in [5.41, 5.74) is 0.758. The van der Waals surface area contributed by atoms with Gasteiger partial charge in [-0.1, -0.05) is 49.0 Å². The lowest BCUT2D eigenvalue weighted by molar-refractivity contribution is -0.714. The summed E-state index contributed by atoms with van der Waals surface area (Å²) in [7, 11) is 0. The molecule has 0 radical (unpaired) electrons. The maximum absolute atomic E-state index is 13.0. The molecule has 2 heterocycles. The van der Waals surface area contributed by atoms with Crippen molar-refractivity contribution >= 4 is 34.3 Å². The number of nitrogens with zero attached hydrogens (tertiary/aromatic N) is 1. The summed E-state index contributed by atoms with van der Waals surface area (Å²) in [4.78, 5) is 27.5. The van der Waals surface area contributed by atoms with Crippen molar-refractivity contribution in [3.05, 3.63) is 48.0 Å². The van der Waals surface area contributed by atoms with Crippen LogP contribution in [0.1, 0.15) is 43.5 Å². The normalized spacial score (nSPS) is 22.0. The number of likely N-dealkylation sites (tertiary alicyclic amines) is 1. The Balaban J connectivity index is 1.36. The minimum absolute atomic E-state index is 0.0169. The first-order valence-electron chi connectivity index (χ1n) is 10.6. The highest BCUT2D eigenvalue weighted by Gasteiger charge is 2.48. The highest BCUT2D eigenvalue weighted by atomic mass is 32.2. The third-order valence-corrected chi connectivity index (χ3v) is 7.93. The molecule has 0 aromatic heterocycles. The van der Waals surface area contributed by atoms with Gasteiger partial charge in [0.15, 0.2) is 6.04 Å². The summed E-state index contributed by atoms with van der Waals surface area (Å²) in [6, 6.07) is 14.3. The smallest absolute Gasteiger partial charge is 0.279 e. The molecule has 3 N–H and O–H groups in total. The average molecular weight is 413 g/mol. The van der Waals surface area contributed by atoms with E-state index in [9.17, 15) is 9.59 Å². The molecule has 29 heavy (non-hydrogen) atoms. The first kappa shape index (κ1) is 20.2. The fraction of sp³-hybridized carbons (Fsp3) is 0.478. The van der Waals surface area contributed by atoms with Gasteiger partial charge in [0, 0.05) is 37.5 Å². The molecule has 2 saturated heterocycles. The van der Waals surface area contributed by atoms with E-state index in [1.165, 1.54) is 0 Å². The lowest BCUT2D eigenvalue weighted by Crippen LogP contribution is -3.00. The summed E-state index contributed by atoms with van der Waals surface area (Å²) in [5.74, 6) is 1.11. The van der Waals surface area contributed by atoms with Crippen LogP contribution in [-0.4, -0.2) is 52.5 Å². The van der Waals surface area contributed by atoms with Crippen LogP contribution in [0.5, 0.6) is 0 Å². The van der Waals surface area contributed by atoms with Crippen LogP contribution in [0.3, 0.4) is 0 Å². The lowest BCUT2D eigenvalue weighted by atomic mass is 10.0. The van der Waals surface area contributed by atoms with Crippen molar-refractivity contribution < 1.29 is 14.9 Å². The number of quaternary nitrogens is 1. The maximum atomic E-state index is 13.0. The van der Waals surface area contributed by atoms with Crippen molar-refractivity contribution in [2.75, 3.05) is 18.8 Å². The molecule has 2 aromatic rings.